The van der Waals surface area contributed by atoms with Crippen LogP contribution in [-0.2, 0) is 14.9 Å². The number of carbonyl (C=O) groups is 1. The molecule has 0 bridgehead atoms. The molecular weight excluding hydrogens is 310 g/mol. The first-order valence-electron chi connectivity index (χ1n) is 8.70. The fraction of sp³-hybridized carbons (Fsp3) is 0.632. The van der Waals surface area contributed by atoms with Crippen molar-refractivity contribution in [1.82, 2.24) is 4.90 Å². The van der Waals surface area contributed by atoms with E-state index in [1.54, 1.807) is 7.11 Å². The molecule has 2 fully saturated rings. The molecular formula is C19H26ClNO2. The molecule has 0 aromatic heterocycles. The third kappa shape index (κ3) is 3.41. The lowest BCUT2D eigenvalue weighted by molar-refractivity contribution is -0.139. The van der Waals surface area contributed by atoms with Crippen molar-refractivity contribution < 1.29 is 9.53 Å². The molecule has 1 aliphatic heterocycles. The number of carbonyl (C=O) groups excluding carboxylic acids is 1. The number of hydrogen-bond acceptors (Lipinski definition) is 2. The Labute approximate surface area is 144 Å². The maximum atomic E-state index is 13.3. The number of rotatable bonds is 4. The van der Waals surface area contributed by atoms with E-state index in [9.17, 15) is 4.79 Å². The van der Waals surface area contributed by atoms with E-state index in [-0.39, 0.29) is 5.41 Å². The zero-order chi connectivity index (χ0) is 16.3. The van der Waals surface area contributed by atoms with Crippen molar-refractivity contribution in [3.05, 3.63) is 34.9 Å². The molecule has 4 heteroatoms. The number of amides is 1. The molecule has 2 aliphatic rings. The first-order valence-corrected chi connectivity index (χ1v) is 9.08. The van der Waals surface area contributed by atoms with Gasteiger partial charge in [0.2, 0.25) is 5.91 Å². The van der Waals surface area contributed by atoms with E-state index in [1.165, 1.54) is 0 Å². The number of nitrogens with zero attached hydrogens (tertiary/aromatic N) is 1. The molecule has 3 nitrogen and oxygen atoms in total. The topological polar surface area (TPSA) is 29.5 Å². The third-order valence-electron chi connectivity index (χ3n) is 5.57. The summed E-state index contributed by atoms with van der Waals surface area (Å²) in [6.07, 6.45) is 6.30. The molecule has 1 aliphatic carbocycles. The Balaban J connectivity index is 1.76. The zero-order valence-corrected chi connectivity index (χ0v) is 14.6. The van der Waals surface area contributed by atoms with Crippen LogP contribution in [0.4, 0.5) is 0 Å². The second-order valence-electron chi connectivity index (χ2n) is 6.99. The molecule has 1 saturated heterocycles. The summed E-state index contributed by atoms with van der Waals surface area (Å²) in [5, 5.41) is 0.731. The number of methoxy groups -OCH3 is 1. The van der Waals surface area contributed by atoms with Crippen molar-refractivity contribution in [1.29, 1.82) is 0 Å². The van der Waals surface area contributed by atoms with E-state index >= 15 is 0 Å². The van der Waals surface area contributed by atoms with Crippen molar-refractivity contribution in [2.75, 3.05) is 26.8 Å². The van der Waals surface area contributed by atoms with E-state index in [0.29, 0.717) is 11.8 Å². The Morgan fingerprint density at radius 2 is 1.83 bits per heavy atom. The Morgan fingerprint density at radius 1 is 1.22 bits per heavy atom. The summed E-state index contributed by atoms with van der Waals surface area (Å²) >= 11 is 6.03. The van der Waals surface area contributed by atoms with Gasteiger partial charge in [-0.15, -0.1) is 0 Å². The van der Waals surface area contributed by atoms with E-state index in [2.05, 4.69) is 4.90 Å². The van der Waals surface area contributed by atoms with Crippen LogP contribution in [-0.4, -0.2) is 37.6 Å². The van der Waals surface area contributed by atoms with Gasteiger partial charge >= 0.3 is 0 Å². The maximum Gasteiger partial charge on any atom is 0.233 e. The van der Waals surface area contributed by atoms with Gasteiger partial charge in [0.05, 0.1) is 5.41 Å². The summed E-state index contributed by atoms with van der Waals surface area (Å²) in [5.41, 5.74) is 0.821. The van der Waals surface area contributed by atoms with Crippen molar-refractivity contribution >= 4 is 17.5 Å². The highest BCUT2D eigenvalue weighted by Crippen LogP contribution is 2.43. The molecule has 0 unspecified atom stereocenters. The van der Waals surface area contributed by atoms with E-state index in [4.69, 9.17) is 16.3 Å². The van der Waals surface area contributed by atoms with Crippen LogP contribution in [0, 0.1) is 5.92 Å². The lowest BCUT2D eigenvalue weighted by Gasteiger charge is -2.38. The number of halogens is 1. The van der Waals surface area contributed by atoms with Gasteiger partial charge in [0.1, 0.15) is 0 Å². The predicted molar refractivity (Wildman–Crippen MR) is 92.8 cm³/mol. The summed E-state index contributed by atoms with van der Waals surface area (Å²) in [4.78, 5) is 15.4. The van der Waals surface area contributed by atoms with Gasteiger partial charge in [-0.05, 0) is 49.3 Å². The van der Waals surface area contributed by atoms with Gasteiger partial charge in [-0.25, -0.2) is 0 Å². The highest BCUT2D eigenvalue weighted by molar-refractivity contribution is 6.30. The quantitative estimate of drug-likeness (QED) is 0.831. The van der Waals surface area contributed by atoms with Gasteiger partial charge in [0.25, 0.3) is 0 Å². The summed E-state index contributed by atoms with van der Waals surface area (Å²) in [6.45, 7) is 2.54. The summed E-state index contributed by atoms with van der Waals surface area (Å²) in [6, 6.07) is 7.91. The number of ether oxygens (including phenoxy) is 1. The van der Waals surface area contributed by atoms with Gasteiger partial charge in [-0.2, -0.15) is 0 Å². The highest BCUT2D eigenvalue weighted by atomic mass is 35.5. The molecule has 1 aromatic rings. The van der Waals surface area contributed by atoms with Crippen molar-refractivity contribution in [2.24, 2.45) is 5.92 Å². The minimum atomic E-state index is -0.321. The van der Waals surface area contributed by atoms with Crippen LogP contribution in [0.2, 0.25) is 5.02 Å². The Morgan fingerprint density at radius 3 is 2.39 bits per heavy atom. The van der Waals surface area contributed by atoms with Crippen molar-refractivity contribution in [3.8, 4) is 0 Å². The average Bonchev–Trinajstić information content (AvgIpc) is 3.07. The van der Waals surface area contributed by atoms with Crippen LogP contribution in [0.15, 0.2) is 24.3 Å². The maximum absolute atomic E-state index is 13.3. The van der Waals surface area contributed by atoms with Gasteiger partial charge in [-0.1, -0.05) is 36.6 Å². The molecule has 0 atom stereocenters. The Hall–Kier alpha value is -1.06. The predicted octanol–water partition coefficient (Wildman–Crippen LogP) is 4.04. The molecule has 126 valence electrons. The second kappa shape index (κ2) is 7.23. The molecule has 1 amide bonds. The largest absolute Gasteiger partial charge is 0.384 e. The van der Waals surface area contributed by atoms with Gasteiger partial charge in [0.15, 0.2) is 0 Å². The SMILES string of the molecule is COCC1CCN(C(=O)C2(c3ccc(Cl)cc3)CCCC2)CC1. The van der Waals surface area contributed by atoms with Crippen LogP contribution in [0.1, 0.15) is 44.1 Å². The van der Waals surface area contributed by atoms with E-state index < -0.39 is 0 Å². The lowest BCUT2D eigenvalue weighted by Crippen LogP contribution is -2.48. The Kier molecular flexibility index (Phi) is 5.27. The fourth-order valence-corrected chi connectivity index (χ4v) is 4.34. The fourth-order valence-electron chi connectivity index (χ4n) is 4.21. The molecule has 1 saturated carbocycles. The van der Waals surface area contributed by atoms with Crippen LogP contribution in [0.3, 0.4) is 0 Å². The second-order valence-corrected chi connectivity index (χ2v) is 7.42. The molecule has 1 aromatic carbocycles. The molecule has 23 heavy (non-hydrogen) atoms. The first kappa shape index (κ1) is 16.8. The van der Waals surface area contributed by atoms with Crippen molar-refractivity contribution in [3.63, 3.8) is 0 Å². The molecule has 0 radical (unpaired) electrons. The minimum absolute atomic E-state index is 0.321. The molecule has 0 N–H and O–H groups in total. The smallest absolute Gasteiger partial charge is 0.233 e. The van der Waals surface area contributed by atoms with E-state index in [0.717, 1.165) is 68.8 Å². The zero-order valence-electron chi connectivity index (χ0n) is 13.9. The van der Waals surface area contributed by atoms with Gasteiger partial charge in [-0.3, -0.25) is 4.79 Å². The number of benzene rings is 1. The third-order valence-corrected chi connectivity index (χ3v) is 5.82. The monoisotopic (exact) mass is 335 g/mol. The summed E-state index contributed by atoms with van der Waals surface area (Å²) in [5.74, 6) is 0.923. The normalized spacial score (nSPS) is 21.6. The van der Waals surface area contributed by atoms with Crippen LogP contribution in [0.25, 0.3) is 0 Å². The van der Waals surface area contributed by atoms with E-state index in [1.807, 2.05) is 24.3 Å². The minimum Gasteiger partial charge on any atom is -0.384 e. The number of hydrogen-bond donors (Lipinski definition) is 0. The highest BCUT2D eigenvalue weighted by Gasteiger charge is 2.45. The summed E-state index contributed by atoms with van der Waals surface area (Å²) in [7, 11) is 1.76. The van der Waals surface area contributed by atoms with Gasteiger partial charge < -0.3 is 9.64 Å². The van der Waals surface area contributed by atoms with Crippen molar-refractivity contribution in [2.45, 2.75) is 43.9 Å². The standard InChI is InChI=1S/C19H26ClNO2/c1-23-14-15-8-12-21(13-9-15)18(22)19(10-2-3-11-19)16-4-6-17(20)7-5-16/h4-7,15H,2-3,8-14H2,1H3. The average molecular weight is 336 g/mol. The molecule has 1 heterocycles. The number of piperidine rings is 1. The van der Waals surface area contributed by atoms with Crippen LogP contribution in [0.5, 0.6) is 0 Å². The van der Waals surface area contributed by atoms with Crippen LogP contribution >= 0.6 is 11.6 Å². The Bertz CT molecular complexity index is 529. The first-order chi connectivity index (χ1) is 11.2. The number of likely N-dealkylation sites (tertiary alicyclic amines) is 1. The molecule has 0 spiro atoms. The van der Waals surface area contributed by atoms with Crippen LogP contribution < -0.4 is 0 Å². The summed E-state index contributed by atoms with van der Waals surface area (Å²) < 4.78 is 5.26. The lowest BCUT2D eigenvalue weighted by atomic mass is 9.77. The molecule has 3 rings (SSSR count). The van der Waals surface area contributed by atoms with Gasteiger partial charge in [0, 0.05) is 31.8 Å².